The molecule has 1 N–H and O–H groups in total. The minimum Gasteiger partial charge on any atom is -0.372 e. The summed E-state index contributed by atoms with van der Waals surface area (Å²) in [6.07, 6.45) is 2.81. The number of allylic oxidation sites excluding steroid dienone is 1. The van der Waals surface area contributed by atoms with Gasteiger partial charge >= 0.3 is 0 Å². The second kappa shape index (κ2) is 7.62. The number of hydrogen-bond donors (Lipinski definition) is 1. The van der Waals surface area contributed by atoms with Crippen molar-refractivity contribution in [2.24, 2.45) is 0 Å². The maximum absolute atomic E-state index is 11.8. The summed E-state index contributed by atoms with van der Waals surface area (Å²) < 4.78 is 0. The van der Waals surface area contributed by atoms with Gasteiger partial charge in [0.15, 0.2) is 0 Å². The maximum Gasteiger partial charge on any atom is 0.250 e. The molecule has 0 saturated heterocycles. The van der Waals surface area contributed by atoms with E-state index >= 15 is 0 Å². The fraction of sp³-hybridized carbons (Fsp3) is 0.438. The van der Waals surface area contributed by atoms with Gasteiger partial charge < -0.3 is 10.2 Å². The van der Waals surface area contributed by atoms with Gasteiger partial charge in [0.1, 0.15) is 0 Å². The Labute approximate surface area is 116 Å². The van der Waals surface area contributed by atoms with E-state index in [4.69, 9.17) is 0 Å². The first-order valence-electron chi connectivity index (χ1n) is 6.95. The average Bonchev–Trinajstić information content (AvgIpc) is 2.42. The molecule has 0 aliphatic carbocycles. The van der Waals surface area contributed by atoms with E-state index < -0.39 is 0 Å². The summed E-state index contributed by atoms with van der Waals surface area (Å²) in [5.41, 5.74) is 2.78. The van der Waals surface area contributed by atoms with Crippen molar-refractivity contribution in [2.45, 2.75) is 34.1 Å². The molecule has 0 aliphatic heterocycles. The number of nitrogens with one attached hydrogen (secondary N) is 1. The van der Waals surface area contributed by atoms with E-state index in [9.17, 15) is 4.79 Å². The molecule has 0 unspecified atom stereocenters. The number of benzene rings is 1. The number of amides is 1. The third-order valence-corrected chi connectivity index (χ3v) is 3.12. The molecule has 1 rings (SSSR count). The van der Waals surface area contributed by atoms with Crippen molar-refractivity contribution in [2.75, 3.05) is 23.3 Å². The summed E-state index contributed by atoms with van der Waals surface area (Å²) in [6, 6.07) is 7.98. The lowest BCUT2D eigenvalue weighted by atomic mass is 10.2. The summed E-state index contributed by atoms with van der Waals surface area (Å²) >= 11 is 0. The molecule has 0 bridgehead atoms. The van der Waals surface area contributed by atoms with Gasteiger partial charge in [-0.15, -0.1) is 0 Å². The van der Waals surface area contributed by atoms with Crippen LogP contribution in [0.3, 0.4) is 0 Å². The largest absolute Gasteiger partial charge is 0.372 e. The smallest absolute Gasteiger partial charge is 0.250 e. The second-order valence-electron chi connectivity index (χ2n) is 4.47. The molecule has 104 valence electrons. The van der Waals surface area contributed by atoms with Crippen LogP contribution in [0.5, 0.6) is 0 Å². The van der Waals surface area contributed by atoms with E-state index in [1.807, 2.05) is 44.2 Å². The normalized spacial score (nSPS) is 11.3. The van der Waals surface area contributed by atoms with E-state index in [-0.39, 0.29) is 5.91 Å². The molecule has 1 amide bonds. The van der Waals surface area contributed by atoms with Gasteiger partial charge in [-0.25, -0.2) is 0 Å². The number of carbonyl (C=O) groups excluding carboxylic acids is 1. The Morgan fingerprint density at radius 1 is 1.16 bits per heavy atom. The van der Waals surface area contributed by atoms with Crippen LogP contribution in [0.4, 0.5) is 11.4 Å². The van der Waals surface area contributed by atoms with Crippen LogP contribution in [0, 0.1) is 0 Å². The van der Waals surface area contributed by atoms with Gasteiger partial charge in [0.2, 0.25) is 0 Å². The lowest BCUT2D eigenvalue weighted by Crippen LogP contribution is -2.21. The van der Waals surface area contributed by atoms with Gasteiger partial charge in [-0.3, -0.25) is 4.79 Å². The predicted molar refractivity (Wildman–Crippen MR) is 82.7 cm³/mol. The third kappa shape index (κ3) is 4.43. The number of anilines is 2. The number of nitrogens with zero attached hydrogens (tertiary/aromatic N) is 1. The first-order valence-corrected chi connectivity index (χ1v) is 6.95. The lowest BCUT2D eigenvalue weighted by molar-refractivity contribution is -0.112. The van der Waals surface area contributed by atoms with Crippen molar-refractivity contribution in [1.29, 1.82) is 0 Å². The molecule has 0 aliphatic rings. The zero-order valence-electron chi connectivity index (χ0n) is 12.4. The van der Waals surface area contributed by atoms with Crippen LogP contribution in [-0.4, -0.2) is 19.0 Å². The Kier molecular flexibility index (Phi) is 6.13. The van der Waals surface area contributed by atoms with Gasteiger partial charge in [0.25, 0.3) is 5.91 Å². The molecule has 0 fully saturated rings. The number of hydrogen-bond acceptors (Lipinski definition) is 2. The van der Waals surface area contributed by atoms with Crippen LogP contribution in [0.2, 0.25) is 0 Å². The summed E-state index contributed by atoms with van der Waals surface area (Å²) in [6.45, 7) is 10.1. The first kappa shape index (κ1) is 15.3. The molecule has 3 heteroatoms. The van der Waals surface area contributed by atoms with E-state index in [0.29, 0.717) is 0 Å². The summed E-state index contributed by atoms with van der Waals surface area (Å²) in [5, 5.41) is 2.90. The Bertz CT molecular complexity index is 431. The minimum absolute atomic E-state index is 0.0301. The fourth-order valence-corrected chi connectivity index (χ4v) is 1.97. The molecule has 0 saturated carbocycles. The van der Waals surface area contributed by atoms with Crippen LogP contribution in [0.1, 0.15) is 34.1 Å². The Morgan fingerprint density at radius 3 is 2.21 bits per heavy atom. The molecule has 0 aromatic heterocycles. The summed E-state index contributed by atoms with van der Waals surface area (Å²) in [4.78, 5) is 14.1. The Morgan fingerprint density at radius 2 is 1.74 bits per heavy atom. The van der Waals surface area contributed by atoms with Crippen molar-refractivity contribution in [3.63, 3.8) is 0 Å². The van der Waals surface area contributed by atoms with Gasteiger partial charge in [0.05, 0.1) is 0 Å². The van der Waals surface area contributed by atoms with Crippen LogP contribution in [0.15, 0.2) is 35.9 Å². The standard InChI is InChI=1S/C16H24N2O/c1-5-8-13(4)16(19)17-14-9-11-15(12-10-14)18(6-2)7-3/h8-12H,5-7H2,1-4H3,(H,17,19). The summed E-state index contributed by atoms with van der Waals surface area (Å²) in [7, 11) is 0. The Hall–Kier alpha value is -1.77. The Balaban J connectivity index is 2.72. The molecule has 0 spiro atoms. The van der Waals surface area contributed by atoms with Gasteiger partial charge in [-0.1, -0.05) is 13.0 Å². The zero-order chi connectivity index (χ0) is 14.3. The highest BCUT2D eigenvalue weighted by Gasteiger charge is 2.05. The van der Waals surface area contributed by atoms with Crippen LogP contribution in [-0.2, 0) is 4.79 Å². The molecular formula is C16H24N2O. The lowest BCUT2D eigenvalue weighted by Gasteiger charge is -2.21. The van der Waals surface area contributed by atoms with Crippen molar-refractivity contribution in [1.82, 2.24) is 0 Å². The monoisotopic (exact) mass is 260 g/mol. The highest BCUT2D eigenvalue weighted by atomic mass is 16.1. The molecule has 0 atom stereocenters. The van der Waals surface area contributed by atoms with E-state index in [0.717, 1.165) is 30.8 Å². The highest BCUT2D eigenvalue weighted by Crippen LogP contribution is 2.18. The van der Waals surface area contributed by atoms with Crippen LogP contribution >= 0.6 is 0 Å². The van der Waals surface area contributed by atoms with Crippen molar-refractivity contribution in [3.8, 4) is 0 Å². The topological polar surface area (TPSA) is 32.3 Å². The SMILES string of the molecule is CCC=C(C)C(=O)Nc1ccc(N(CC)CC)cc1. The minimum atomic E-state index is -0.0301. The predicted octanol–water partition coefficient (Wildman–Crippen LogP) is 3.83. The van der Waals surface area contributed by atoms with E-state index in [2.05, 4.69) is 24.1 Å². The molecule has 0 heterocycles. The molecule has 1 aromatic rings. The molecule has 0 radical (unpaired) electrons. The van der Waals surface area contributed by atoms with Crippen molar-refractivity contribution >= 4 is 17.3 Å². The van der Waals surface area contributed by atoms with Crippen LogP contribution in [0.25, 0.3) is 0 Å². The zero-order valence-corrected chi connectivity index (χ0v) is 12.4. The first-order chi connectivity index (χ1) is 9.12. The average molecular weight is 260 g/mol. The van der Waals surface area contributed by atoms with Gasteiger partial charge in [0, 0.05) is 30.0 Å². The van der Waals surface area contributed by atoms with Crippen LogP contribution < -0.4 is 10.2 Å². The highest BCUT2D eigenvalue weighted by molar-refractivity contribution is 6.03. The van der Waals surface area contributed by atoms with E-state index in [1.165, 1.54) is 5.69 Å². The summed E-state index contributed by atoms with van der Waals surface area (Å²) in [5.74, 6) is -0.0301. The number of rotatable bonds is 6. The number of carbonyl (C=O) groups is 1. The molecule has 3 nitrogen and oxygen atoms in total. The van der Waals surface area contributed by atoms with Gasteiger partial charge in [-0.2, -0.15) is 0 Å². The fourth-order valence-electron chi connectivity index (χ4n) is 1.97. The van der Waals surface area contributed by atoms with Crippen molar-refractivity contribution in [3.05, 3.63) is 35.9 Å². The van der Waals surface area contributed by atoms with E-state index in [1.54, 1.807) is 0 Å². The molecule has 1 aromatic carbocycles. The second-order valence-corrected chi connectivity index (χ2v) is 4.47. The maximum atomic E-state index is 11.8. The molecule has 19 heavy (non-hydrogen) atoms. The van der Waals surface area contributed by atoms with Gasteiger partial charge in [-0.05, 0) is 51.5 Å². The molecular weight excluding hydrogens is 236 g/mol. The third-order valence-electron chi connectivity index (χ3n) is 3.12. The quantitative estimate of drug-likeness (QED) is 0.788. The van der Waals surface area contributed by atoms with Crippen molar-refractivity contribution < 1.29 is 4.79 Å².